The van der Waals surface area contributed by atoms with Gasteiger partial charge in [-0.1, -0.05) is 24.3 Å². The molecule has 1 saturated carbocycles. The van der Waals surface area contributed by atoms with E-state index in [-0.39, 0.29) is 12.1 Å². The maximum Gasteiger partial charge on any atom is 0.0626 e. The zero-order valence-corrected chi connectivity index (χ0v) is 10.1. The van der Waals surface area contributed by atoms with Gasteiger partial charge in [-0.15, -0.1) is 0 Å². The molecule has 1 aliphatic carbocycles. The highest BCUT2D eigenvalue weighted by Crippen LogP contribution is 2.39. The summed E-state index contributed by atoms with van der Waals surface area (Å²) in [5.41, 5.74) is 8.75. The lowest BCUT2D eigenvalue weighted by Gasteiger charge is -2.32. The number of aliphatic hydroxyl groups excluding tert-OH is 1. The van der Waals surface area contributed by atoms with Crippen LogP contribution in [0.15, 0.2) is 24.3 Å². The normalized spacial score (nSPS) is 23.4. The smallest absolute Gasteiger partial charge is 0.0626 e. The van der Waals surface area contributed by atoms with Crippen molar-refractivity contribution in [3.8, 4) is 0 Å². The number of nitrogens with two attached hydrogens (primary N) is 1. The standard InChI is InChI=1S/C14H20N2O/c15-14(10-17,13-5-6-13)9-16-7-11-3-1-2-4-12(11)8-16/h1-4,13,17H,5-10,15H2. The second-order valence-corrected chi connectivity index (χ2v) is 5.58. The van der Waals surface area contributed by atoms with Gasteiger partial charge in [-0.2, -0.15) is 0 Å². The fraction of sp³-hybridized carbons (Fsp3) is 0.571. The average molecular weight is 232 g/mol. The Balaban J connectivity index is 1.68. The van der Waals surface area contributed by atoms with Crippen LogP contribution in [-0.4, -0.2) is 28.7 Å². The minimum atomic E-state index is -0.387. The zero-order valence-electron chi connectivity index (χ0n) is 10.1. The molecular formula is C14H20N2O. The molecule has 1 aromatic carbocycles. The molecule has 3 nitrogen and oxygen atoms in total. The first-order chi connectivity index (χ1) is 8.21. The van der Waals surface area contributed by atoms with Crippen LogP contribution in [-0.2, 0) is 13.1 Å². The number of hydrogen-bond donors (Lipinski definition) is 2. The lowest BCUT2D eigenvalue weighted by molar-refractivity contribution is 0.120. The first-order valence-electron chi connectivity index (χ1n) is 6.40. The molecule has 3 rings (SSSR count). The maximum atomic E-state index is 9.52. The van der Waals surface area contributed by atoms with Crippen LogP contribution in [0.5, 0.6) is 0 Å². The molecule has 1 fully saturated rings. The Bertz CT molecular complexity index is 391. The van der Waals surface area contributed by atoms with Crippen molar-refractivity contribution in [3.63, 3.8) is 0 Å². The summed E-state index contributed by atoms with van der Waals surface area (Å²) >= 11 is 0. The minimum Gasteiger partial charge on any atom is -0.394 e. The molecule has 2 aliphatic rings. The van der Waals surface area contributed by atoms with Crippen LogP contribution in [0, 0.1) is 5.92 Å². The van der Waals surface area contributed by atoms with Gasteiger partial charge in [-0.3, -0.25) is 4.90 Å². The number of rotatable bonds is 4. The van der Waals surface area contributed by atoms with Gasteiger partial charge in [0.05, 0.1) is 12.1 Å². The predicted molar refractivity (Wildman–Crippen MR) is 67.3 cm³/mol. The van der Waals surface area contributed by atoms with Gasteiger partial charge in [0.15, 0.2) is 0 Å². The van der Waals surface area contributed by atoms with Crippen LogP contribution in [0.3, 0.4) is 0 Å². The topological polar surface area (TPSA) is 49.5 Å². The van der Waals surface area contributed by atoms with E-state index in [1.54, 1.807) is 0 Å². The Morgan fingerprint density at radius 3 is 2.29 bits per heavy atom. The van der Waals surface area contributed by atoms with Crippen molar-refractivity contribution in [1.82, 2.24) is 4.90 Å². The molecule has 1 unspecified atom stereocenters. The maximum absolute atomic E-state index is 9.52. The minimum absolute atomic E-state index is 0.102. The van der Waals surface area contributed by atoms with Crippen LogP contribution >= 0.6 is 0 Å². The Morgan fingerprint density at radius 2 is 1.82 bits per heavy atom. The SMILES string of the molecule is NC(CO)(CN1Cc2ccccc2C1)C1CC1. The van der Waals surface area contributed by atoms with Gasteiger partial charge < -0.3 is 10.8 Å². The number of aliphatic hydroxyl groups is 1. The van der Waals surface area contributed by atoms with Crippen molar-refractivity contribution in [2.45, 2.75) is 31.5 Å². The molecular weight excluding hydrogens is 212 g/mol. The molecule has 1 aliphatic heterocycles. The highest BCUT2D eigenvalue weighted by Gasteiger charge is 2.43. The van der Waals surface area contributed by atoms with Crippen molar-refractivity contribution in [2.24, 2.45) is 11.7 Å². The summed E-state index contributed by atoms with van der Waals surface area (Å²) in [5.74, 6) is 0.524. The molecule has 3 N–H and O–H groups in total. The first kappa shape index (κ1) is 11.2. The van der Waals surface area contributed by atoms with E-state index in [2.05, 4.69) is 29.2 Å². The Morgan fingerprint density at radius 1 is 1.24 bits per heavy atom. The molecule has 92 valence electrons. The molecule has 1 aromatic rings. The van der Waals surface area contributed by atoms with Crippen LogP contribution in [0.25, 0.3) is 0 Å². The summed E-state index contributed by atoms with van der Waals surface area (Å²) in [6.45, 7) is 2.86. The van der Waals surface area contributed by atoms with Gasteiger partial charge in [0.2, 0.25) is 0 Å². The largest absolute Gasteiger partial charge is 0.394 e. The van der Waals surface area contributed by atoms with Crippen molar-refractivity contribution in [1.29, 1.82) is 0 Å². The summed E-state index contributed by atoms with van der Waals surface area (Å²) in [5, 5.41) is 9.52. The van der Waals surface area contributed by atoms with E-state index in [0.717, 1.165) is 19.6 Å². The average Bonchev–Trinajstić information content (AvgIpc) is 3.11. The second kappa shape index (κ2) is 4.09. The second-order valence-electron chi connectivity index (χ2n) is 5.58. The van der Waals surface area contributed by atoms with Gasteiger partial charge in [0.1, 0.15) is 0 Å². The van der Waals surface area contributed by atoms with E-state index in [1.165, 1.54) is 24.0 Å². The van der Waals surface area contributed by atoms with Crippen molar-refractivity contribution >= 4 is 0 Å². The molecule has 1 heterocycles. The van der Waals surface area contributed by atoms with E-state index < -0.39 is 0 Å². The highest BCUT2D eigenvalue weighted by atomic mass is 16.3. The Labute approximate surface area is 102 Å². The highest BCUT2D eigenvalue weighted by molar-refractivity contribution is 5.30. The molecule has 17 heavy (non-hydrogen) atoms. The fourth-order valence-corrected chi connectivity index (χ4v) is 2.90. The Kier molecular flexibility index (Phi) is 2.69. The third-order valence-corrected chi connectivity index (χ3v) is 4.11. The van der Waals surface area contributed by atoms with Crippen LogP contribution < -0.4 is 5.73 Å². The zero-order chi connectivity index (χ0) is 11.9. The van der Waals surface area contributed by atoms with Crippen molar-refractivity contribution < 1.29 is 5.11 Å². The molecule has 3 heteroatoms. The third kappa shape index (κ3) is 2.10. The quantitative estimate of drug-likeness (QED) is 0.817. The molecule has 0 bridgehead atoms. The van der Waals surface area contributed by atoms with Crippen LogP contribution in [0.4, 0.5) is 0 Å². The Hall–Kier alpha value is -0.900. The lowest BCUT2D eigenvalue weighted by Crippen LogP contribution is -2.53. The lowest BCUT2D eigenvalue weighted by atomic mass is 9.95. The summed E-state index contributed by atoms with van der Waals surface area (Å²) in [7, 11) is 0. The molecule has 1 atom stereocenters. The molecule has 0 spiro atoms. The molecule has 0 saturated heterocycles. The van der Waals surface area contributed by atoms with E-state index in [1.807, 2.05) is 0 Å². The monoisotopic (exact) mass is 232 g/mol. The summed E-state index contributed by atoms with van der Waals surface area (Å²) in [4.78, 5) is 2.36. The first-order valence-corrected chi connectivity index (χ1v) is 6.40. The van der Waals surface area contributed by atoms with E-state index in [4.69, 9.17) is 5.73 Å². The van der Waals surface area contributed by atoms with Crippen LogP contribution in [0.2, 0.25) is 0 Å². The van der Waals surface area contributed by atoms with Crippen molar-refractivity contribution in [3.05, 3.63) is 35.4 Å². The number of fused-ring (bicyclic) bond motifs is 1. The van der Waals surface area contributed by atoms with Gasteiger partial charge in [-0.25, -0.2) is 0 Å². The summed E-state index contributed by atoms with van der Waals surface area (Å²) in [6, 6.07) is 8.54. The number of benzene rings is 1. The molecule has 0 aromatic heterocycles. The number of nitrogens with zero attached hydrogens (tertiary/aromatic N) is 1. The van der Waals surface area contributed by atoms with E-state index >= 15 is 0 Å². The van der Waals surface area contributed by atoms with Gasteiger partial charge in [0, 0.05) is 19.6 Å². The van der Waals surface area contributed by atoms with Gasteiger partial charge in [-0.05, 0) is 29.9 Å². The predicted octanol–water partition coefficient (Wildman–Crippen LogP) is 1.10. The molecule has 0 amide bonds. The molecule has 0 radical (unpaired) electrons. The fourth-order valence-electron chi connectivity index (χ4n) is 2.90. The summed E-state index contributed by atoms with van der Waals surface area (Å²) < 4.78 is 0. The van der Waals surface area contributed by atoms with Crippen LogP contribution in [0.1, 0.15) is 24.0 Å². The van der Waals surface area contributed by atoms with Gasteiger partial charge >= 0.3 is 0 Å². The van der Waals surface area contributed by atoms with Gasteiger partial charge in [0.25, 0.3) is 0 Å². The van der Waals surface area contributed by atoms with Crippen molar-refractivity contribution in [2.75, 3.05) is 13.2 Å². The number of hydrogen-bond acceptors (Lipinski definition) is 3. The van der Waals surface area contributed by atoms with E-state index in [0.29, 0.717) is 5.92 Å². The van der Waals surface area contributed by atoms with E-state index in [9.17, 15) is 5.11 Å². The summed E-state index contributed by atoms with van der Waals surface area (Å²) in [6.07, 6.45) is 2.36. The third-order valence-electron chi connectivity index (χ3n) is 4.11.